The molecule has 0 atom stereocenters. The molecule has 0 radical (unpaired) electrons. The van der Waals surface area contributed by atoms with Crippen molar-refractivity contribution in [3.63, 3.8) is 0 Å². The molecular weight excluding hydrogens is 216 g/mol. The molecule has 1 N–H and O–H groups in total. The lowest BCUT2D eigenvalue weighted by atomic mass is 9.93. The van der Waals surface area contributed by atoms with Crippen LogP contribution in [0.4, 0.5) is 0 Å². The summed E-state index contributed by atoms with van der Waals surface area (Å²) in [6.45, 7) is 14.2. The fraction of sp³-hybridized carbons (Fsp3) is 0.769. The Morgan fingerprint density at radius 2 is 1.81 bits per heavy atom. The number of aromatic nitrogens is 1. The fourth-order valence-electron chi connectivity index (χ4n) is 1.31. The highest BCUT2D eigenvalue weighted by atomic mass is 32.1. The van der Waals surface area contributed by atoms with E-state index >= 15 is 0 Å². The van der Waals surface area contributed by atoms with Crippen LogP contribution >= 0.6 is 11.3 Å². The first-order valence-electron chi connectivity index (χ1n) is 5.88. The lowest BCUT2D eigenvalue weighted by Gasteiger charge is -2.20. The van der Waals surface area contributed by atoms with E-state index < -0.39 is 0 Å². The van der Waals surface area contributed by atoms with E-state index in [0.29, 0.717) is 0 Å². The van der Waals surface area contributed by atoms with Crippen LogP contribution in [0.2, 0.25) is 0 Å². The van der Waals surface area contributed by atoms with Crippen molar-refractivity contribution in [2.75, 3.05) is 6.54 Å². The van der Waals surface area contributed by atoms with Crippen molar-refractivity contribution in [2.45, 2.75) is 58.9 Å². The van der Waals surface area contributed by atoms with Crippen molar-refractivity contribution < 1.29 is 0 Å². The third kappa shape index (κ3) is 4.62. The third-order valence-corrected chi connectivity index (χ3v) is 3.22. The molecule has 1 aromatic rings. The highest BCUT2D eigenvalue weighted by Gasteiger charge is 2.17. The lowest BCUT2D eigenvalue weighted by Crippen LogP contribution is -2.37. The first-order valence-corrected chi connectivity index (χ1v) is 6.76. The average Bonchev–Trinajstić information content (AvgIpc) is 2.49. The zero-order chi connectivity index (χ0) is 12.4. The first kappa shape index (κ1) is 13.7. The van der Waals surface area contributed by atoms with Gasteiger partial charge in [-0.3, -0.25) is 0 Å². The van der Waals surface area contributed by atoms with Gasteiger partial charge >= 0.3 is 0 Å². The fourth-order valence-corrected chi connectivity index (χ4v) is 2.34. The molecule has 2 nitrogen and oxygen atoms in total. The van der Waals surface area contributed by atoms with E-state index in [1.165, 1.54) is 10.7 Å². The van der Waals surface area contributed by atoms with Crippen molar-refractivity contribution >= 4 is 11.3 Å². The van der Waals surface area contributed by atoms with E-state index in [2.05, 4.69) is 57.2 Å². The molecule has 0 spiro atoms. The zero-order valence-electron chi connectivity index (χ0n) is 11.3. The van der Waals surface area contributed by atoms with Gasteiger partial charge in [-0.1, -0.05) is 20.8 Å². The van der Waals surface area contributed by atoms with Gasteiger partial charge in [-0.25, -0.2) is 4.98 Å². The van der Waals surface area contributed by atoms with Gasteiger partial charge in [0.15, 0.2) is 0 Å². The van der Waals surface area contributed by atoms with Crippen LogP contribution in [-0.4, -0.2) is 17.1 Å². The van der Waals surface area contributed by atoms with Gasteiger partial charge in [-0.15, -0.1) is 11.3 Å². The standard InChI is InChI=1S/C13H24N2S/c1-12(2,3)10-9-16-11(15-10)7-8-14-13(4,5)6/h9,14H,7-8H2,1-6H3. The molecular formula is C13H24N2S. The second-order valence-electron chi connectivity index (χ2n) is 6.30. The van der Waals surface area contributed by atoms with Gasteiger partial charge in [0.1, 0.15) is 0 Å². The number of nitrogens with zero attached hydrogens (tertiary/aromatic N) is 1. The van der Waals surface area contributed by atoms with Crippen molar-refractivity contribution in [3.8, 4) is 0 Å². The van der Waals surface area contributed by atoms with Gasteiger partial charge in [0.05, 0.1) is 10.7 Å². The monoisotopic (exact) mass is 240 g/mol. The molecule has 0 amide bonds. The zero-order valence-corrected chi connectivity index (χ0v) is 12.2. The minimum atomic E-state index is 0.173. The van der Waals surface area contributed by atoms with E-state index in [1.54, 1.807) is 11.3 Å². The van der Waals surface area contributed by atoms with Crippen molar-refractivity contribution in [1.29, 1.82) is 0 Å². The van der Waals surface area contributed by atoms with Crippen LogP contribution in [-0.2, 0) is 11.8 Å². The molecule has 0 saturated carbocycles. The smallest absolute Gasteiger partial charge is 0.0941 e. The Labute approximate surface area is 103 Å². The summed E-state index contributed by atoms with van der Waals surface area (Å²) in [5.74, 6) is 0. The van der Waals surface area contributed by atoms with Crippen LogP contribution in [0.15, 0.2) is 5.38 Å². The normalized spacial score (nSPS) is 13.1. The van der Waals surface area contributed by atoms with Crippen LogP contribution in [0.25, 0.3) is 0 Å². The molecule has 0 saturated heterocycles. The molecule has 0 aromatic carbocycles. The molecule has 0 aliphatic rings. The molecule has 0 bridgehead atoms. The van der Waals surface area contributed by atoms with E-state index in [0.717, 1.165) is 13.0 Å². The molecule has 1 rings (SSSR count). The summed E-state index contributed by atoms with van der Waals surface area (Å²) in [7, 11) is 0. The van der Waals surface area contributed by atoms with Gasteiger partial charge in [0.2, 0.25) is 0 Å². The van der Waals surface area contributed by atoms with Crippen LogP contribution < -0.4 is 5.32 Å². The Bertz CT molecular complexity index is 328. The summed E-state index contributed by atoms with van der Waals surface area (Å²) in [5.41, 5.74) is 1.58. The maximum Gasteiger partial charge on any atom is 0.0941 e. The number of hydrogen-bond acceptors (Lipinski definition) is 3. The van der Waals surface area contributed by atoms with Crippen molar-refractivity contribution in [2.24, 2.45) is 0 Å². The van der Waals surface area contributed by atoms with E-state index in [4.69, 9.17) is 0 Å². The maximum atomic E-state index is 4.68. The minimum Gasteiger partial charge on any atom is -0.312 e. The molecule has 3 heteroatoms. The summed E-state index contributed by atoms with van der Waals surface area (Å²) in [4.78, 5) is 4.68. The van der Waals surface area contributed by atoms with Crippen molar-refractivity contribution in [3.05, 3.63) is 16.1 Å². The van der Waals surface area contributed by atoms with Crippen LogP contribution in [0, 0.1) is 0 Å². The Morgan fingerprint density at radius 3 is 2.25 bits per heavy atom. The molecule has 92 valence electrons. The second-order valence-corrected chi connectivity index (χ2v) is 7.25. The van der Waals surface area contributed by atoms with Gasteiger partial charge in [0.25, 0.3) is 0 Å². The Balaban J connectivity index is 2.48. The van der Waals surface area contributed by atoms with Crippen molar-refractivity contribution in [1.82, 2.24) is 10.3 Å². The Kier molecular flexibility index (Phi) is 4.13. The predicted molar refractivity (Wildman–Crippen MR) is 72.3 cm³/mol. The number of hydrogen-bond donors (Lipinski definition) is 1. The molecule has 0 aliphatic heterocycles. The van der Waals surface area contributed by atoms with Gasteiger partial charge < -0.3 is 5.32 Å². The molecule has 1 aromatic heterocycles. The van der Waals surface area contributed by atoms with Crippen LogP contribution in [0.3, 0.4) is 0 Å². The van der Waals surface area contributed by atoms with Gasteiger partial charge in [-0.05, 0) is 20.8 Å². The largest absolute Gasteiger partial charge is 0.312 e. The van der Waals surface area contributed by atoms with E-state index in [9.17, 15) is 0 Å². The number of rotatable bonds is 3. The Hall–Kier alpha value is -0.410. The SMILES string of the molecule is CC(C)(C)NCCc1nc(C(C)(C)C)cs1. The summed E-state index contributed by atoms with van der Waals surface area (Å²) >= 11 is 1.78. The topological polar surface area (TPSA) is 24.9 Å². The first-order chi connectivity index (χ1) is 7.18. The average molecular weight is 240 g/mol. The van der Waals surface area contributed by atoms with Crippen LogP contribution in [0.1, 0.15) is 52.2 Å². The molecule has 0 unspecified atom stereocenters. The third-order valence-electron chi connectivity index (χ3n) is 2.31. The van der Waals surface area contributed by atoms with E-state index in [1.807, 2.05) is 0 Å². The lowest BCUT2D eigenvalue weighted by molar-refractivity contribution is 0.429. The highest BCUT2D eigenvalue weighted by molar-refractivity contribution is 7.09. The van der Waals surface area contributed by atoms with Gasteiger partial charge in [-0.2, -0.15) is 0 Å². The van der Waals surface area contributed by atoms with Crippen LogP contribution in [0.5, 0.6) is 0 Å². The summed E-state index contributed by atoms with van der Waals surface area (Å²) < 4.78 is 0. The highest BCUT2D eigenvalue weighted by Crippen LogP contribution is 2.23. The van der Waals surface area contributed by atoms with E-state index in [-0.39, 0.29) is 11.0 Å². The molecule has 0 aliphatic carbocycles. The van der Waals surface area contributed by atoms with Gasteiger partial charge in [0, 0.05) is 29.3 Å². The molecule has 16 heavy (non-hydrogen) atoms. The number of nitrogens with one attached hydrogen (secondary N) is 1. The number of thiazole rings is 1. The Morgan fingerprint density at radius 1 is 1.19 bits per heavy atom. The summed E-state index contributed by atoms with van der Waals surface area (Å²) in [6, 6.07) is 0. The predicted octanol–water partition coefficient (Wildman–Crippen LogP) is 3.37. The molecule has 1 heterocycles. The second kappa shape index (κ2) is 4.84. The molecule has 0 fully saturated rings. The summed E-state index contributed by atoms with van der Waals surface area (Å²) in [6.07, 6.45) is 1.03. The minimum absolute atomic E-state index is 0.173. The quantitative estimate of drug-likeness (QED) is 0.876. The summed E-state index contributed by atoms with van der Waals surface area (Å²) in [5, 5.41) is 6.91. The maximum absolute atomic E-state index is 4.68.